The molecule has 4 heterocycles. The monoisotopic (exact) mass is 353 g/mol. The number of aryl methyl sites for hydroxylation is 1. The molecule has 0 aliphatic carbocycles. The molecule has 1 aromatic carbocycles. The second-order valence-electron chi connectivity index (χ2n) is 6.31. The summed E-state index contributed by atoms with van der Waals surface area (Å²) >= 11 is 0. The minimum Gasteiger partial charge on any atom is -0.453 e. The maximum absolute atomic E-state index is 5.84. The first-order chi connectivity index (χ1) is 13.3. The van der Waals surface area contributed by atoms with Crippen LogP contribution in [0, 0.1) is 6.92 Å². The fourth-order valence-corrected chi connectivity index (χ4v) is 3.00. The fraction of sp³-hybridized carbons (Fsp3) is 0.0476. The summed E-state index contributed by atoms with van der Waals surface area (Å²) in [5, 5.41) is 4.42. The molecule has 4 aromatic heterocycles. The van der Waals surface area contributed by atoms with E-state index in [1.807, 2.05) is 36.7 Å². The molecule has 0 radical (unpaired) electrons. The molecule has 6 nitrogen and oxygen atoms in total. The van der Waals surface area contributed by atoms with Gasteiger partial charge in [-0.15, -0.1) is 0 Å². The lowest BCUT2D eigenvalue weighted by Gasteiger charge is -1.99. The maximum atomic E-state index is 5.84. The highest BCUT2D eigenvalue weighted by Gasteiger charge is 2.11. The van der Waals surface area contributed by atoms with E-state index in [-0.39, 0.29) is 0 Å². The van der Waals surface area contributed by atoms with Crippen molar-refractivity contribution in [1.82, 2.24) is 24.7 Å². The first kappa shape index (κ1) is 15.5. The average molecular weight is 353 g/mol. The van der Waals surface area contributed by atoms with Crippen LogP contribution in [0.15, 0.2) is 77.9 Å². The van der Waals surface area contributed by atoms with E-state index < -0.39 is 0 Å². The van der Waals surface area contributed by atoms with Crippen LogP contribution in [0.2, 0.25) is 0 Å². The number of aromatic nitrogens is 5. The second kappa shape index (κ2) is 6.17. The molecule has 6 heteroatoms. The van der Waals surface area contributed by atoms with E-state index in [1.165, 1.54) is 5.56 Å². The summed E-state index contributed by atoms with van der Waals surface area (Å²) < 4.78 is 7.51. The van der Waals surface area contributed by atoms with Crippen molar-refractivity contribution in [3.63, 3.8) is 0 Å². The van der Waals surface area contributed by atoms with Gasteiger partial charge in [0, 0.05) is 35.8 Å². The van der Waals surface area contributed by atoms with Gasteiger partial charge in [-0.1, -0.05) is 29.8 Å². The molecule has 0 atom stereocenters. The maximum Gasteiger partial charge on any atom is 0.251 e. The molecule has 27 heavy (non-hydrogen) atoms. The Morgan fingerprint density at radius 3 is 2.70 bits per heavy atom. The van der Waals surface area contributed by atoms with Crippen LogP contribution in [0.5, 0.6) is 0 Å². The van der Waals surface area contributed by atoms with Gasteiger partial charge < -0.3 is 4.42 Å². The van der Waals surface area contributed by atoms with Crippen molar-refractivity contribution in [2.24, 2.45) is 0 Å². The van der Waals surface area contributed by atoms with Crippen molar-refractivity contribution in [3.05, 3.63) is 79.0 Å². The highest BCUT2D eigenvalue weighted by Crippen LogP contribution is 2.26. The van der Waals surface area contributed by atoms with Gasteiger partial charge in [-0.3, -0.25) is 4.98 Å². The van der Waals surface area contributed by atoms with E-state index in [0.717, 1.165) is 22.2 Å². The molecule has 5 rings (SSSR count). The van der Waals surface area contributed by atoms with E-state index in [1.54, 1.807) is 23.3 Å². The normalized spacial score (nSPS) is 11.1. The zero-order valence-corrected chi connectivity index (χ0v) is 14.6. The SMILES string of the molecule is Cc1cccc(-c2cnn(-c3ncc4oc(-c5cccnc5)cc4n3)c2)c1. The Bertz CT molecular complexity index is 1240. The molecule has 130 valence electrons. The zero-order valence-electron chi connectivity index (χ0n) is 14.6. The summed E-state index contributed by atoms with van der Waals surface area (Å²) in [5.74, 6) is 1.21. The molecule has 0 N–H and O–H groups in total. The minimum atomic E-state index is 0.500. The number of hydrogen-bond donors (Lipinski definition) is 0. The standard InChI is InChI=1S/C21H15N5O/c1-14-4-2-5-15(8-14)17-11-24-26(13-17)21-23-12-20-18(25-21)9-19(27-20)16-6-3-7-22-10-16/h2-13H,1H3. The molecule has 0 unspecified atom stereocenters. The Balaban J connectivity index is 1.52. The molecule has 5 aromatic rings. The van der Waals surface area contributed by atoms with Crippen molar-refractivity contribution in [2.45, 2.75) is 6.92 Å². The van der Waals surface area contributed by atoms with Crippen molar-refractivity contribution in [2.75, 3.05) is 0 Å². The molecular formula is C21H15N5O. The van der Waals surface area contributed by atoms with Crippen LogP contribution >= 0.6 is 0 Å². The molecule has 0 bridgehead atoms. The molecule has 0 saturated heterocycles. The largest absolute Gasteiger partial charge is 0.453 e. The molecule has 0 fully saturated rings. The third-order valence-corrected chi connectivity index (χ3v) is 4.34. The summed E-state index contributed by atoms with van der Waals surface area (Å²) in [6.07, 6.45) is 8.91. The molecule has 0 aliphatic heterocycles. The minimum absolute atomic E-state index is 0.500. The van der Waals surface area contributed by atoms with Gasteiger partial charge in [0.05, 0.1) is 12.4 Å². The Morgan fingerprint density at radius 2 is 1.85 bits per heavy atom. The van der Waals surface area contributed by atoms with Gasteiger partial charge >= 0.3 is 0 Å². The summed E-state index contributed by atoms with van der Waals surface area (Å²) in [7, 11) is 0. The van der Waals surface area contributed by atoms with Gasteiger partial charge in [0.15, 0.2) is 5.58 Å². The van der Waals surface area contributed by atoms with Crippen molar-refractivity contribution in [3.8, 4) is 28.4 Å². The van der Waals surface area contributed by atoms with Gasteiger partial charge in [0.2, 0.25) is 0 Å². The lowest BCUT2D eigenvalue weighted by Crippen LogP contribution is -2.00. The predicted molar refractivity (Wildman–Crippen MR) is 102 cm³/mol. The molecule has 0 saturated carbocycles. The van der Waals surface area contributed by atoms with Crippen LogP contribution < -0.4 is 0 Å². The van der Waals surface area contributed by atoms with Crippen LogP contribution in [0.4, 0.5) is 0 Å². The molecule has 0 amide bonds. The smallest absolute Gasteiger partial charge is 0.251 e. The second-order valence-corrected chi connectivity index (χ2v) is 6.31. The van der Waals surface area contributed by atoms with Crippen molar-refractivity contribution < 1.29 is 4.42 Å². The topological polar surface area (TPSA) is 69.6 Å². The third-order valence-electron chi connectivity index (χ3n) is 4.34. The first-order valence-electron chi connectivity index (χ1n) is 8.55. The number of nitrogens with zero attached hydrogens (tertiary/aromatic N) is 5. The number of hydrogen-bond acceptors (Lipinski definition) is 5. The fourth-order valence-electron chi connectivity index (χ4n) is 3.00. The van der Waals surface area contributed by atoms with E-state index >= 15 is 0 Å². The lowest BCUT2D eigenvalue weighted by molar-refractivity contribution is 0.628. The summed E-state index contributed by atoms with van der Waals surface area (Å²) in [4.78, 5) is 13.1. The highest BCUT2D eigenvalue weighted by atomic mass is 16.3. The van der Waals surface area contributed by atoms with Crippen LogP contribution in [-0.2, 0) is 0 Å². The average Bonchev–Trinajstić information content (AvgIpc) is 3.35. The molecule has 0 spiro atoms. The summed E-state index contributed by atoms with van der Waals surface area (Å²) in [5.41, 5.74) is 5.60. The van der Waals surface area contributed by atoms with Crippen molar-refractivity contribution >= 4 is 11.1 Å². The first-order valence-corrected chi connectivity index (χ1v) is 8.55. The lowest BCUT2D eigenvalue weighted by atomic mass is 10.1. The molecular weight excluding hydrogens is 338 g/mol. The summed E-state index contributed by atoms with van der Waals surface area (Å²) in [6.45, 7) is 2.07. The van der Waals surface area contributed by atoms with Crippen LogP contribution in [-0.4, -0.2) is 24.7 Å². The quantitative estimate of drug-likeness (QED) is 0.479. The number of pyridine rings is 1. The number of fused-ring (bicyclic) bond motifs is 1. The van der Waals surface area contributed by atoms with Crippen LogP contribution in [0.1, 0.15) is 5.56 Å². The van der Waals surface area contributed by atoms with E-state index in [9.17, 15) is 0 Å². The number of furan rings is 1. The molecule has 0 aliphatic rings. The van der Waals surface area contributed by atoms with Gasteiger partial charge in [-0.2, -0.15) is 5.10 Å². The van der Waals surface area contributed by atoms with E-state index in [0.29, 0.717) is 17.3 Å². The number of benzene rings is 1. The van der Waals surface area contributed by atoms with Crippen LogP contribution in [0.25, 0.3) is 39.5 Å². The Kier molecular flexibility index (Phi) is 3.53. The van der Waals surface area contributed by atoms with Crippen molar-refractivity contribution in [1.29, 1.82) is 0 Å². The predicted octanol–water partition coefficient (Wildman–Crippen LogP) is 4.45. The van der Waals surface area contributed by atoms with Gasteiger partial charge in [-0.25, -0.2) is 14.6 Å². The summed E-state index contributed by atoms with van der Waals surface area (Å²) in [6, 6.07) is 14.0. The van der Waals surface area contributed by atoms with Crippen LogP contribution in [0.3, 0.4) is 0 Å². The van der Waals surface area contributed by atoms with E-state index in [2.05, 4.69) is 45.2 Å². The Hall–Kier alpha value is -3.80. The third kappa shape index (κ3) is 2.87. The highest BCUT2D eigenvalue weighted by molar-refractivity contribution is 5.78. The van der Waals surface area contributed by atoms with Gasteiger partial charge in [0.1, 0.15) is 11.3 Å². The number of rotatable bonds is 3. The Morgan fingerprint density at radius 1 is 0.926 bits per heavy atom. The van der Waals surface area contributed by atoms with E-state index in [4.69, 9.17) is 4.42 Å². The Labute approximate surface area is 155 Å². The van der Waals surface area contributed by atoms with Gasteiger partial charge in [0.25, 0.3) is 5.95 Å². The van der Waals surface area contributed by atoms with Gasteiger partial charge in [-0.05, 0) is 24.6 Å². The zero-order chi connectivity index (χ0) is 18.2.